The molecule has 3 atom stereocenters. The van der Waals surface area contributed by atoms with Crippen molar-refractivity contribution in [2.24, 2.45) is 0 Å². The number of nitrogens with one attached hydrogen (secondary N) is 2. The van der Waals surface area contributed by atoms with Crippen molar-refractivity contribution >= 4 is 53.7 Å². The van der Waals surface area contributed by atoms with Crippen LogP contribution in [0.2, 0.25) is 0 Å². The lowest BCUT2D eigenvalue weighted by Gasteiger charge is -2.25. The monoisotopic (exact) mass is 754 g/mol. The number of carbonyl (C=O) groups excluding carboxylic acids is 5. The summed E-state index contributed by atoms with van der Waals surface area (Å²) in [4.78, 5) is 85.8. The first-order valence-corrected chi connectivity index (χ1v) is 17.0. The highest BCUT2D eigenvalue weighted by Gasteiger charge is 2.42. The van der Waals surface area contributed by atoms with Gasteiger partial charge in [0.1, 0.15) is 12.1 Å². The average molecular weight is 755 g/mol. The number of carbonyl (C=O) groups is 7. The Morgan fingerprint density at radius 2 is 1.09 bits per heavy atom. The zero-order valence-corrected chi connectivity index (χ0v) is 29.7. The third-order valence-electron chi connectivity index (χ3n) is 7.93. The number of unbranched alkanes of at least 4 members (excludes halogenated alkanes) is 2. The topological polar surface area (TPSA) is 260 Å². The third kappa shape index (κ3) is 16.2. The maximum Gasteiger partial charge on any atom is 0.336 e. The number of amides is 4. The summed E-state index contributed by atoms with van der Waals surface area (Å²) in [6.45, 7) is -0.262. The van der Waals surface area contributed by atoms with E-state index in [4.69, 9.17) is 4.74 Å². The maximum absolute atomic E-state index is 12.8. The number of aliphatic hydroxyl groups is 1. The van der Waals surface area contributed by atoms with Crippen LogP contribution in [-0.2, 0) is 38.3 Å². The van der Waals surface area contributed by atoms with E-state index in [1.807, 2.05) is 6.07 Å². The molecule has 7 N–H and O–H groups in total. The van der Waals surface area contributed by atoms with E-state index in [0.29, 0.717) is 10.1 Å². The highest BCUT2D eigenvalue weighted by Crippen LogP contribution is 2.18. The standard InChI is InChI=1S/C37H46N4O13/c1-54-35(48)29(17-9-11-23-41(53)33(45)21-19-27-14-6-3-7-15-27)39-31(43)25-37(51,36(49)50)24-30(42)38-28(34(46)47)16-8-10-22-40(52)32(44)20-18-26-12-4-2-5-13-26/h2-7,12-15,18-21,28-29,51-53H,8-11,16-17,22-25H2,1H3,(H,38,42)(H,39,43)(H,46,47)(H,49,50)/b20-18+,21-19+. The Labute approximate surface area is 311 Å². The van der Waals surface area contributed by atoms with E-state index < -0.39 is 72.1 Å². The molecule has 0 bridgehead atoms. The van der Waals surface area contributed by atoms with Crippen LogP contribution >= 0.6 is 0 Å². The van der Waals surface area contributed by atoms with Gasteiger partial charge < -0.3 is 30.7 Å². The summed E-state index contributed by atoms with van der Waals surface area (Å²) >= 11 is 0. The molecule has 2 aromatic rings. The van der Waals surface area contributed by atoms with Gasteiger partial charge in [-0.2, -0.15) is 0 Å². The van der Waals surface area contributed by atoms with Crippen molar-refractivity contribution in [2.75, 3.05) is 20.2 Å². The van der Waals surface area contributed by atoms with Crippen molar-refractivity contribution in [3.63, 3.8) is 0 Å². The fraction of sp³-hybridized carbons (Fsp3) is 0.378. The fourth-order valence-electron chi connectivity index (χ4n) is 4.96. The van der Waals surface area contributed by atoms with Crippen LogP contribution in [0.1, 0.15) is 62.5 Å². The van der Waals surface area contributed by atoms with Gasteiger partial charge in [-0.25, -0.2) is 24.5 Å². The number of methoxy groups -OCH3 is 1. The SMILES string of the molecule is COC(=O)C(CCCCN(O)C(=O)/C=C/c1ccccc1)NC(=O)CC(O)(CC(=O)NC(CCCCN(O)C(=O)/C=C/c1ccccc1)C(=O)O)C(=O)O. The largest absolute Gasteiger partial charge is 0.480 e. The van der Waals surface area contributed by atoms with E-state index in [1.54, 1.807) is 54.6 Å². The van der Waals surface area contributed by atoms with Gasteiger partial charge in [-0.1, -0.05) is 60.7 Å². The number of benzene rings is 2. The highest BCUT2D eigenvalue weighted by atomic mass is 16.5. The first-order chi connectivity index (χ1) is 25.6. The number of aliphatic carboxylic acids is 2. The highest BCUT2D eigenvalue weighted by molar-refractivity contribution is 5.94. The van der Waals surface area contributed by atoms with Gasteiger partial charge in [0, 0.05) is 25.2 Å². The molecule has 17 heteroatoms. The van der Waals surface area contributed by atoms with Gasteiger partial charge in [0.25, 0.3) is 11.8 Å². The number of hydrogen-bond acceptors (Lipinski definition) is 11. The summed E-state index contributed by atoms with van der Waals surface area (Å²) in [5.74, 6) is -8.05. The number of esters is 1. The number of ether oxygens (including phenoxy) is 1. The minimum Gasteiger partial charge on any atom is -0.480 e. The minimum atomic E-state index is -2.99. The lowest BCUT2D eigenvalue weighted by Crippen LogP contribution is -2.51. The molecule has 0 radical (unpaired) electrons. The Morgan fingerprint density at radius 3 is 1.48 bits per heavy atom. The first-order valence-electron chi connectivity index (χ1n) is 17.0. The molecule has 0 fully saturated rings. The Balaban J connectivity index is 1.85. The molecule has 0 aliphatic carbocycles. The van der Waals surface area contributed by atoms with Crippen LogP contribution in [0.5, 0.6) is 0 Å². The number of carboxylic acid groups (broad SMARTS) is 2. The Kier molecular flexibility index (Phi) is 18.8. The molecule has 54 heavy (non-hydrogen) atoms. The van der Waals surface area contributed by atoms with Gasteiger partial charge in [0.15, 0.2) is 5.60 Å². The molecule has 0 aliphatic rings. The Hall–Kier alpha value is -5.91. The third-order valence-corrected chi connectivity index (χ3v) is 7.93. The lowest BCUT2D eigenvalue weighted by atomic mass is 9.94. The average Bonchev–Trinajstić information content (AvgIpc) is 3.15. The fourth-order valence-corrected chi connectivity index (χ4v) is 4.96. The zero-order valence-electron chi connectivity index (χ0n) is 29.7. The zero-order chi connectivity index (χ0) is 40.1. The molecule has 4 amide bonds. The minimum absolute atomic E-state index is 0.0564. The van der Waals surface area contributed by atoms with Gasteiger partial charge in [0.05, 0.1) is 20.0 Å². The lowest BCUT2D eigenvalue weighted by molar-refractivity contribution is -0.165. The molecular formula is C37H46N4O13. The maximum atomic E-state index is 12.8. The summed E-state index contributed by atoms with van der Waals surface area (Å²) in [5.41, 5.74) is -1.51. The normalized spacial score (nSPS) is 13.3. The number of carboxylic acids is 2. The van der Waals surface area contributed by atoms with Crippen LogP contribution in [0.15, 0.2) is 72.8 Å². The van der Waals surface area contributed by atoms with Gasteiger partial charge >= 0.3 is 17.9 Å². The molecule has 0 spiro atoms. The van der Waals surface area contributed by atoms with Gasteiger partial charge in [-0.3, -0.25) is 29.6 Å². The summed E-state index contributed by atoms with van der Waals surface area (Å²) in [6.07, 6.45) is 3.38. The van der Waals surface area contributed by atoms with E-state index in [-0.39, 0.29) is 51.6 Å². The van der Waals surface area contributed by atoms with E-state index in [9.17, 15) is 59.3 Å². The van der Waals surface area contributed by atoms with Crippen molar-refractivity contribution in [2.45, 2.75) is 69.1 Å². The first kappa shape index (κ1) is 44.3. The van der Waals surface area contributed by atoms with Crippen LogP contribution in [0.3, 0.4) is 0 Å². The van der Waals surface area contributed by atoms with Crippen LogP contribution < -0.4 is 10.6 Å². The van der Waals surface area contributed by atoms with Crippen molar-refractivity contribution in [1.82, 2.24) is 20.8 Å². The predicted octanol–water partition coefficient (Wildman–Crippen LogP) is 2.01. The Bertz CT molecular complexity index is 1630. The molecular weight excluding hydrogens is 708 g/mol. The number of nitrogens with zero attached hydrogens (tertiary/aromatic N) is 2. The van der Waals surface area contributed by atoms with Gasteiger partial charge in [-0.05, 0) is 61.8 Å². The smallest absolute Gasteiger partial charge is 0.336 e. The van der Waals surface area contributed by atoms with E-state index in [2.05, 4.69) is 10.6 Å². The molecule has 0 aliphatic heterocycles. The number of rotatable bonds is 23. The van der Waals surface area contributed by atoms with Crippen molar-refractivity contribution < 1.29 is 64.0 Å². The molecule has 2 aromatic carbocycles. The van der Waals surface area contributed by atoms with Crippen molar-refractivity contribution in [1.29, 1.82) is 0 Å². The molecule has 0 saturated carbocycles. The molecule has 0 saturated heterocycles. The number of hydrogen-bond donors (Lipinski definition) is 7. The summed E-state index contributed by atoms with van der Waals surface area (Å²) in [7, 11) is 1.05. The molecule has 17 nitrogen and oxygen atoms in total. The number of hydroxylamine groups is 4. The Morgan fingerprint density at radius 1 is 0.685 bits per heavy atom. The predicted molar refractivity (Wildman–Crippen MR) is 191 cm³/mol. The summed E-state index contributed by atoms with van der Waals surface area (Å²) in [6, 6.07) is 14.9. The molecule has 0 aromatic heterocycles. The second-order valence-corrected chi connectivity index (χ2v) is 12.2. The van der Waals surface area contributed by atoms with Crippen LogP contribution in [0.25, 0.3) is 12.2 Å². The molecule has 0 heterocycles. The summed E-state index contributed by atoms with van der Waals surface area (Å²) in [5, 5.41) is 55.3. The van der Waals surface area contributed by atoms with Crippen LogP contribution in [0.4, 0.5) is 0 Å². The van der Waals surface area contributed by atoms with E-state index in [1.165, 1.54) is 24.3 Å². The van der Waals surface area contributed by atoms with E-state index >= 15 is 0 Å². The van der Waals surface area contributed by atoms with Crippen LogP contribution in [0, 0.1) is 0 Å². The summed E-state index contributed by atoms with van der Waals surface area (Å²) < 4.78 is 4.69. The van der Waals surface area contributed by atoms with Crippen molar-refractivity contribution in [3.8, 4) is 0 Å². The molecule has 292 valence electrons. The molecule has 2 rings (SSSR count). The second kappa shape index (κ2) is 22.9. The molecule has 3 unspecified atom stereocenters. The van der Waals surface area contributed by atoms with E-state index in [0.717, 1.165) is 18.2 Å². The second-order valence-electron chi connectivity index (χ2n) is 12.2. The van der Waals surface area contributed by atoms with Gasteiger partial charge in [0.2, 0.25) is 11.8 Å². The van der Waals surface area contributed by atoms with Crippen molar-refractivity contribution in [3.05, 3.63) is 83.9 Å². The van der Waals surface area contributed by atoms with Crippen LogP contribution in [-0.4, -0.2) is 115 Å². The van der Waals surface area contributed by atoms with Gasteiger partial charge in [-0.15, -0.1) is 0 Å². The quantitative estimate of drug-likeness (QED) is 0.0282.